The molecule has 39 heavy (non-hydrogen) atoms. The molecule has 4 aliphatic rings. The quantitative estimate of drug-likeness (QED) is 0.233. The second-order valence-electron chi connectivity index (χ2n) is 12.0. The average molecular weight is 508 g/mol. The molecule has 0 aliphatic heterocycles. The lowest BCUT2D eigenvalue weighted by Gasteiger charge is -2.22. The van der Waals surface area contributed by atoms with E-state index in [1.54, 1.807) is 0 Å². The minimum absolute atomic E-state index is 0.00979. The van der Waals surface area contributed by atoms with Crippen LogP contribution in [0.4, 0.5) is 0 Å². The number of furan rings is 1. The van der Waals surface area contributed by atoms with Crippen molar-refractivity contribution in [1.82, 2.24) is 4.98 Å². The SMILES string of the molecule is CC(C)(C)c1cc(-c2nccc3cc(-c4cc5ccc4CCc4ccc(cc4)CC5)oc23)cc2ccccc12. The molecule has 2 heterocycles. The Balaban J connectivity index is 1.37. The van der Waals surface area contributed by atoms with Gasteiger partial charge in [-0.25, -0.2) is 0 Å². The number of rotatable bonds is 2. The standard InChI is InChI=1S/C37H33NO/c1-37(2,3)33-22-30(21-28-6-4-5-7-31(28)33)35-36-29(18-19-38-35)23-34(39-36)32-20-26-13-12-24-8-10-25(11-9-24)14-16-27(32)17-15-26/h4-11,15,17-23H,12-14,16H2,1-3H3. The van der Waals surface area contributed by atoms with E-state index in [9.17, 15) is 0 Å². The molecule has 0 unspecified atom stereocenters. The summed E-state index contributed by atoms with van der Waals surface area (Å²) < 4.78 is 6.73. The molecule has 0 saturated heterocycles. The van der Waals surface area contributed by atoms with Crippen molar-refractivity contribution >= 4 is 21.7 Å². The minimum atomic E-state index is 0.00979. The van der Waals surface area contributed by atoms with E-state index in [1.165, 1.54) is 44.2 Å². The maximum absolute atomic E-state index is 6.73. The summed E-state index contributed by atoms with van der Waals surface area (Å²) >= 11 is 0. The summed E-state index contributed by atoms with van der Waals surface area (Å²) in [6, 6.07) is 33.6. The number of pyridine rings is 1. The van der Waals surface area contributed by atoms with Crippen LogP contribution in [0.15, 0.2) is 102 Å². The third-order valence-corrected chi connectivity index (χ3v) is 8.22. The summed E-state index contributed by atoms with van der Waals surface area (Å²) in [7, 11) is 0. The summed E-state index contributed by atoms with van der Waals surface area (Å²) in [5.74, 6) is 0.930. The number of aromatic nitrogens is 1. The number of nitrogens with zero attached hydrogens (tertiary/aromatic N) is 1. The summed E-state index contributed by atoms with van der Waals surface area (Å²) in [5, 5.41) is 3.62. The highest BCUT2D eigenvalue weighted by Gasteiger charge is 2.21. The fourth-order valence-electron chi connectivity index (χ4n) is 6.04. The lowest BCUT2D eigenvalue weighted by atomic mass is 9.82. The number of aryl methyl sites for hydroxylation is 4. The number of hydrogen-bond acceptors (Lipinski definition) is 2. The van der Waals surface area contributed by atoms with E-state index < -0.39 is 0 Å². The number of fused-ring (bicyclic) bond motifs is 2. The largest absolute Gasteiger partial charge is 0.454 e. The molecule has 0 radical (unpaired) electrons. The Hall–Kier alpha value is -4.17. The second kappa shape index (κ2) is 9.24. The smallest absolute Gasteiger partial charge is 0.161 e. The summed E-state index contributed by atoms with van der Waals surface area (Å²) in [6.07, 6.45) is 5.98. The summed E-state index contributed by atoms with van der Waals surface area (Å²) in [5.41, 5.74) is 10.9. The predicted molar refractivity (Wildman–Crippen MR) is 162 cm³/mol. The van der Waals surface area contributed by atoms with Crippen LogP contribution < -0.4 is 0 Å². The van der Waals surface area contributed by atoms with Crippen LogP contribution in [-0.2, 0) is 31.1 Å². The molecule has 2 heteroatoms. The van der Waals surface area contributed by atoms with Gasteiger partial charge in [0.15, 0.2) is 5.58 Å². The fraction of sp³-hybridized carbons (Fsp3) is 0.216. The molecule has 6 aromatic rings. The molecule has 4 aliphatic carbocycles. The molecule has 0 amide bonds. The minimum Gasteiger partial charge on any atom is -0.454 e. The zero-order chi connectivity index (χ0) is 26.6. The van der Waals surface area contributed by atoms with Crippen LogP contribution in [0.25, 0.3) is 44.3 Å². The molecule has 0 spiro atoms. The number of benzene rings is 4. The molecule has 4 aromatic carbocycles. The first-order valence-corrected chi connectivity index (χ1v) is 14.0. The molecule has 192 valence electrons. The summed E-state index contributed by atoms with van der Waals surface area (Å²) in [4.78, 5) is 4.86. The van der Waals surface area contributed by atoms with E-state index in [1.807, 2.05) is 6.20 Å². The van der Waals surface area contributed by atoms with Gasteiger partial charge in [0.05, 0.1) is 0 Å². The van der Waals surface area contributed by atoms with E-state index >= 15 is 0 Å². The van der Waals surface area contributed by atoms with Gasteiger partial charge in [-0.3, -0.25) is 4.98 Å². The maximum atomic E-state index is 6.73. The molecule has 2 aromatic heterocycles. The van der Waals surface area contributed by atoms with E-state index in [2.05, 4.69) is 112 Å². The first kappa shape index (κ1) is 23.9. The monoisotopic (exact) mass is 507 g/mol. The van der Waals surface area contributed by atoms with Crippen LogP contribution in [0.5, 0.6) is 0 Å². The van der Waals surface area contributed by atoms with Gasteiger partial charge in [-0.15, -0.1) is 0 Å². The Bertz CT molecular complexity index is 1830. The van der Waals surface area contributed by atoms with Gasteiger partial charge in [0.1, 0.15) is 11.5 Å². The first-order valence-electron chi connectivity index (χ1n) is 14.0. The Morgan fingerprint density at radius 1 is 0.667 bits per heavy atom. The van der Waals surface area contributed by atoms with Gasteiger partial charge in [-0.1, -0.05) is 81.4 Å². The van der Waals surface area contributed by atoms with E-state index in [0.29, 0.717) is 0 Å². The number of hydrogen-bond donors (Lipinski definition) is 0. The molecule has 0 atom stereocenters. The van der Waals surface area contributed by atoms with Gasteiger partial charge < -0.3 is 4.42 Å². The first-order chi connectivity index (χ1) is 18.9. The van der Waals surface area contributed by atoms with Gasteiger partial charge in [0, 0.05) is 22.7 Å². The van der Waals surface area contributed by atoms with Gasteiger partial charge in [-0.05, 0) is 100 Å². The lowest BCUT2D eigenvalue weighted by molar-refractivity contribution is 0.596. The fourth-order valence-corrected chi connectivity index (χ4v) is 6.04. The van der Waals surface area contributed by atoms with Crippen molar-refractivity contribution in [2.24, 2.45) is 0 Å². The van der Waals surface area contributed by atoms with Crippen LogP contribution >= 0.6 is 0 Å². The Morgan fingerprint density at radius 2 is 1.38 bits per heavy atom. The summed E-state index contributed by atoms with van der Waals surface area (Å²) in [6.45, 7) is 6.83. The highest BCUT2D eigenvalue weighted by atomic mass is 16.3. The molecule has 0 fully saturated rings. The van der Waals surface area contributed by atoms with Crippen molar-refractivity contribution in [2.75, 3.05) is 0 Å². The van der Waals surface area contributed by atoms with Crippen molar-refractivity contribution < 1.29 is 4.42 Å². The Kier molecular flexibility index (Phi) is 5.66. The third-order valence-electron chi connectivity index (χ3n) is 8.22. The third kappa shape index (κ3) is 4.44. The van der Waals surface area contributed by atoms with E-state index in [0.717, 1.165) is 53.7 Å². The predicted octanol–water partition coefficient (Wildman–Crippen LogP) is 9.50. The highest BCUT2D eigenvalue weighted by molar-refractivity contribution is 5.97. The topological polar surface area (TPSA) is 26.0 Å². The Morgan fingerprint density at radius 3 is 2.18 bits per heavy atom. The van der Waals surface area contributed by atoms with Crippen molar-refractivity contribution in [3.05, 3.63) is 125 Å². The molecular formula is C37H33NO. The zero-order valence-corrected chi connectivity index (χ0v) is 22.9. The van der Waals surface area contributed by atoms with Crippen molar-refractivity contribution in [3.63, 3.8) is 0 Å². The molecular weight excluding hydrogens is 474 g/mol. The van der Waals surface area contributed by atoms with Crippen LogP contribution in [0.3, 0.4) is 0 Å². The van der Waals surface area contributed by atoms with Crippen LogP contribution in [-0.4, -0.2) is 4.98 Å². The van der Waals surface area contributed by atoms with Crippen molar-refractivity contribution in [2.45, 2.75) is 51.9 Å². The second-order valence-corrected chi connectivity index (χ2v) is 12.0. The zero-order valence-electron chi connectivity index (χ0n) is 22.9. The molecule has 0 saturated carbocycles. The van der Waals surface area contributed by atoms with Crippen LogP contribution in [0.2, 0.25) is 0 Å². The molecule has 2 nitrogen and oxygen atoms in total. The normalized spacial score (nSPS) is 13.6. The van der Waals surface area contributed by atoms with Gasteiger partial charge in [-0.2, -0.15) is 0 Å². The van der Waals surface area contributed by atoms with Crippen molar-refractivity contribution in [3.8, 4) is 22.6 Å². The Labute approximate surface area is 230 Å². The van der Waals surface area contributed by atoms with E-state index in [4.69, 9.17) is 9.40 Å². The molecule has 10 rings (SSSR count). The van der Waals surface area contributed by atoms with Gasteiger partial charge >= 0.3 is 0 Å². The van der Waals surface area contributed by atoms with E-state index in [-0.39, 0.29) is 5.41 Å². The van der Waals surface area contributed by atoms with Crippen LogP contribution in [0.1, 0.15) is 48.6 Å². The lowest BCUT2D eigenvalue weighted by Crippen LogP contribution is -2.12. The van der Waals surface area contributed by atoms with Crippen molar-refractivity contribution in [1.29, 1.82) is 0 Å². The molecule has 0 N–H and O–H groups in total. The van der Waals surface area contributed by atoms with Gasteiger partial charge in [0.25, 0.3) is 0 Å². The molecule has 4 bridgehead atoms. The van der Waals surface area contributed by atoms with Gasteiger partial charge in [0.2, 0.25) is 0 Å². The maximum Gasteiger partial charge on any atom is 0.161 e. The highest BCUT2D eigenvalue weighted by Crippen LogP contribution is 2.39. The van der Waals surface area contributed by atoms with Crippen LogP contribution in [0, 0.1) is 0 Å². The average Bonchev–Trinajstić information content (AvgIpc) is 3.38.